The third-order valence-corrected chi connectivity index (χ3v) is 8.30. The molecule has 0 aliphatic carbocycles. The molecule has 5 aromatic carbocycles. The Balaban J connectivity index is 1.45. The standard InChI is InChI=1S/C34H27N3/c1-3-36-30-14-8-5-11-24(30)27-18-19-28-25-12-6-9-15-31(25)37(34(28)33(27)36)21-22-16-17-26-23-10-4-7-13-29(23)35(2)32(26)20-22/h4-20H,3,21H2,1-2H3. The quantitative estimate of drug-likeness (QED) is 0.242. The summed E-state index contributed by atoms with van der Waals surface area (Å²) < 4.78 is 7.37. The lowest BCUT2D eigenvalue weighted by molar-refractivity contribution is 0.820. The first kappa shape index (κ1) is 20.7. The van der Waals surface area contributed by atoms with Crippen molar-refractivity contribution in [2.75, 3.05) is 0 Å². The van der Waals surface area contributed by atoms with Gasteiger partial charge in [-0.1, -0.05) is 78.9 Å². The minimum Gasteiger partial charge on any atom is -0.344 e. The van der Waals surface area contributed by atoms with Crippen LogP contribution < -0.4 is 0 Å². The lowest BCUT2D eigenvalue weighted by Crippen LogP contribution is -2.02. The molecule has 0 amide bonds. The minimum absolute atomic E-state index is 0.825. The molecule has 0 aliphatic rings. The van der Waals surface area contributed by atoms with Crippen molar-refractivity contribution in [1.29, 1.82) is 0 Å². The van der Waals surface area contributed by atoms with Gasteiger partial charge >= 0.3 is 0 Å². The van der Waals surface area contributed by atoms with Gasteiger partial charge in [-0.05, 0) is 36.8 Å². The van der Waals surface area contributed by atoms with E-state index < -0.39 is 0 Å². The van der Waals surface area contributed by atoms with Crippen LogP contribution >= 0.6 is 0 Å². The van der Waals surface area contributed by atoms with E-state index >= 15 is 0 Å². The van der Waals surface area contributed by atoms with Gasteiger partial charge in [-0.3, -0.25) is 0 Å². The molecular formula is C34H27N3. The Kier molecular flexibility index (Phi) is 4.19. The fraction of sp³-hybridized carbons (Fsp3) is 0.118. The fourth-order valence-corrected chi connectivity index (χ4v) is 6.65. The summed E-state index contributed by atoms with van der Waals surface area (Å²) in [6.07, 6.45) is 0. The zero-order valence-corrected chi connectivity index (χ0v) is 21.1. The van der Waals surface area contributed by atoms with Gasteiger partial charge in [0.15, 0.2) is 0 Å². The van der Waals surface area contributed by atoms with Crippen molar-refractivity contribution in [3.8, 4) is 0 Å². The first-order chi connectivity index (χ1) is 18.2. The SMILES string of the molecule is CCn1c2ccccc2c2ccc3c4ccccc4n(Cc4ccc5c6ccccc6n(C)c5c4)c3c21. The van der Waals surface area contributed by atoms with Crippen LogP contribution in [-0.4, -0.2) is 13.7 Å². The Hall–Kier alpha value is -4.50. The van der Waals surface area contributed by atoms with Crippen LogP contribution in [0.1, 0.15) is 12.5 Å². The van der Waals surface area contributed by atoms with E-state index in [1.165, 1.54) is 71.0 Å². The van der Waals surface area contributed by atoms with Gasteiger partial charge in [-0.25, -0.2) is 0 Å². The fourth-order valence-electron chi connectivity index (χ4n) is 6.65. The van der Waals surface area contributed by atoms with Crippen LogP contribution in [0.25, 0.3) is 65.4 Å². The van der Waals surface area contributed by atoms with E-state index in [0.29, 0.717) is 0 Å². The zero-order chi connectivity index (χ0) is 24.7. The largest absolute Gasteiger partial charge is 0.344 e. The van der Waals surface area contributed by atoms with E-state index in [1.807, 2.05) is 0 Å². The normalized spacial score (nSPS) is 12.3. The summed E-state index contributed by atoms with van der Waals surface area (Å²) in [6.45, 7) is 4.02. The van der Waals surface area contributed by atoms with Crippen molar-refractivity contribution in [1.82, 2.24) is 13.7 Å². The third-order valence-electron chi connectivity index (χ3n) is 8.30. The molecule has 3 heteroatoms. The number of nitrogens with zero attached hydrogens (tertiary/aromatic N) is 3. The second kappa shape index (κ2) is 7.50. The maximum atomic E-state index is 2.54. The van der Waals surface area contributed by atoms with Crippen LogP contribution in [-0.2, 0) is 20.1 Å². The van der Waals surface area contributed by atoms with Crippen LogP contribution in [0.15, 0.2) is 103 Å². The molecule has 0 atom stereocenters. The van der Waals surface area contributed by atoms with Gasteiger partial charge in [0.2, 0.25) is 0 Å². The van der Waals surface area contributed by atoms with Crippen LogP contribution in [0.4, 0.5) is 0 Å². The van der Waals surface area contributed by atoms with Crippen molar-refractivity contribution >= 4 is 65.4 Å². The number of para-hydroxylation sites is 3. The summed E-state index contributed by atoms with van der Waals surface area (Å²) in [6, 6.07) is 38.0. The van der Waals surface area contributed by atoms with Crippen molar-refractivity contribution in [3.05, 3.63) is 109 Å². The topological polar surface area (TPSA) is 14.8 Å². The van der Waals surface area contributed by atoms with E-state index in [4.69, 9.17) is 0 Å². The molecule has 3 nitrogen and oxygen atoms in total. The molecule has 0 N–H and O–H groups in total. The summed E-state index contributed by atoms with van der Waals surface area (Å²) in [5, 5.41) is 7.94. The number of benzene rings is 5. The molecule has 0 bridgehead atoms. The van der Waals surface area contributed by atoms with E-state index in [0.717, 1.165) is 13.1 Å². The molecule has 0 unspecified atom stereocenters. The molecule has 3 aromatic heterocycles. The summed E-state index contributed by atoms with van der Waals surface area (Å²) in [5.74, 6) is 0. The molecule has 8 rings (SSSR count). The van der Waals surface area contributed by atoms with Crippen molar-refractivity contribution in [3.63, 3.8) is 0 Å². The van der Waals surface area contributed by atoms with Crippen molar-refractivity contribution in [2.45, 2.75) is 20.0 Å². The molecule has 0 saturated heterocycles. The Bertz CT molecular complexity index is 2170. The molecule has 0 saturated carbocycles. The number of hydrogen-bond donors (Lipinski definition) is 0. The Labute approximate surface area is 214 Å². The summed E-state index contributed by atoms with van der Waals surface area (Å²) in [5.41, 5.74) is 9.14. The predicted octanol–water partition coefficient (Wildman–Crippen LogP) is 8.62. The lowest BCUT2D eigenvalue weighted by Gasteiger charge is -2.12. The second-order valence-corrected chi connectivity index (χ2v) is 10.2. The zero-order valence-electron chi connectivity index (χ0n) is 21.1. The highest BCUT2D eigenvalue weighted by Gasteiger charge is 2.19. The smallest absolute Gasteiger partial charge is 0.0742 e. The van der Waals surface area contributed by atoms with Crippen molar-refractivity contribution < 1.29 is 0 Å². The maximum Gasteiger partial charge on any atom is 0.0742 e. The molecule has 0 radical (unpaired) electrons. The number of rotatable bonds is 3. The molecule has 178 valence electrons. The minimum atomic E-state index is 0.825. The van der Waals surface area contributed by atoms with Gasteiger partial charge in [0.05, 0.1) is 11.0 Å². The van der Waals surface area contributed by atoms with Gasteiger partial charge in [0.25, 0.3) is 0 Å². The lowest BCUT2D eigenvalue weighted by atomic mass is 10.1. The highest BCUT2D eigenvalue weighted by molar-refractivity contribution is 6.22. The number of aromatic nitrogens is 3. The summed E-state index contributed by atoms with van der Waals surface area (Å²) in [4.78, 5) is 0. The average Bonchev–Trinajstić information content (AvgIpc) is 3.55. The van der Waals surface area contributed by atoms with Gasteiger partial charge in [0.1, 0.15) is 0 Å². The maximum absolute atomic E-state index is 2.54. The number of aryl methyl sites for hydroxylation is 2. The Morgan fingerprint density at radius 3 is 1.62 bits per heavy atom. The van der Waals surface area contributed by atoms with E-state index in [-0.39, 0.29) is 0 Å². The van der Waals surface area contributed by atoms with E-state index in [2.05, 4.69) is 131 Å². The van der Waals surface area contributed by atoms with Gasteiger partial charge < -0.3 is 13.7 Å². The Morgan fingerprint density at radius 2 is 0.973 bits per heavy atom. The van der Waals surface area contributed by atoms with Gasteiger partial charge in [-0.2, -0.15) is 0 Å². The second-order valence-electron chi connectivity index (χ2n) is 10.2. The third kappa shape index (κ3) is 2.71. The molecule has 0 spiro atoms. The Morgan fingerprint density at radius 1 is 0.486 bits per heavy atom. The first-order valence-electron chi connectivity index (χ1n) is 13.1. The van der Waals surface area contributed by atoms with E-state index in [9.17, 15) is 0 Å². The highest BCUT2D eigenvalue weighted by atomic mass is 15.0. The average molecular weight is 478 g/mol. The molecule has 0 fully saturated rings. The number of fused-ring (bicyclic) bond motifs is 10. The molecule has 37 heavy (non-hydrogen) atoms. The predicted molar refractivity (Wildman–Crippen MR) is 158 cm³/mol. The van der Waals surface area contributed by atoms with E-state index in [1.54, 1.807) is 0 Å². The molecule has 3 heterocycles. The first-order valence-corrected chi connectivity index (χ1v) is 13.1. The summed E-state index contributed by atoms with van der Waals surface area (Å²) in [7, 11) is 2.18. The van der Waals surface area contributed by atoms with Gasteiger partial charge in [0, 0.05) is 74.5 Å². The number of hydrogen-bond acceptors (Lipinski definition) is 0. The van der Waals surface area contributed by atoms with Crippen LogP contribution in [0.3, 0.4) is 0 Å². The van der Waals surface area contributed by atoms with Crippen molar-refractivity contribution in [2.24, 2.45) is 7.05 Å². The molecule has 8 aromatic rings. The van der Waals surface area contributed by atoms with Crippen LogP contribution in [0, 0.1) is 0 Å². The highest BCUT2D eigenvalue weighted by Crippen LogP contribution is 2.39. The molecular weight excluding hydrogens is 450 g/mol. The van der Waals surface area contributed by atoms with Gasteiger partial charge in [-0.15, -0.1) is 0 Å². The summed E-state index contributed by atoms with van der Waals surface area (Å²) >= 11 is 0. The van der Waals surface area contributed by atoms with Crippen LogP contribution in [0.2, 0.25) is 0 Å². The monoisotopic (exact) mass is 477 g/mol. The van der Waals surface area contributed by atoms with Crippen LogP contribution in [0.5, 0.6) is 0 Å². The molecule has 0 aliphatic heterocycles.